The number of benzene rings is 12. The van der Waals surface area contributed by atoms with Gasteiger partial charge in [-0.2, -0.15) is 0 Å². The van der Waals surface area contributed by atoms with E-state index in [-0.39, 0.29) is 0 Å². The SMILES string of the molecule is c1ccc(-c2c3ccccc3c(-c3cccc4c3oc3cc(-c5c6ccccc6c(-c6ccc7c8ccccc8n(-c8ccccc8)c7c6)c6ccccc56)ccc34)c3ccccc23)cc1. The summed E-state index contributed by atoms with van der Waals surface area (Å²) in [7, 11) is 0. The van der Waals surface area contributed by atoms with E-state index in [1.807, 2.05) is 0 Å². The highest BCUT2D eigenvalue weighted by Gasteiger charge is 2.23. The molecule has 0 unspecified atom stereocenters. The molecule has 0 saturated carbocycles. The van der Waals surface area contributed by atoms with Crippen molar-refractivity contribution in [3.05, 3.63) is 237 Å². The Morgan fingerprint density at radius 1 is 0.258 bits per heavy atom. The van der Waals surface area contributed by atoms with E-state index in [9.17, 15) is 0 Å². The molecule has 0 N–H and O–H groups in total. The maximum atomic E-state index is 7.14. The zero-order valence-electron chi connectivity index (χ0n) is 35.9. The van der Waals surface area contributed by atoms with Gasteiger partial charge in [0.25, 0.3) is 0 Å². The molecule has 2 nitrogen and oxygen atoms in total. The van der Waals surface area contributed by atoms with Gasteiger partial charge in [0.05, 0.1) is 11.0 Å². The molecule has 12 aromatic carbocycles. The van der Waals surface area contributed by atoms with Crippen molar-refractivity contribution in [2.45, 2.75) is 0 Å². The van der Waals surface area contributed by atoms with E-state index in [2.05, 4.69) is 241 Å². The molecule has 0 radical (unpaired) electrons. The highest BCUT2D eigenvalue weighted by atomic mass is 16.3. The Kier molecular flexibility index (Phi) is 8.02. The third-order valence-corrected chi connectivity index (χ3v) is 14.0. The summed E-state index contributed by atoms with van der Waals surface area (Å²) in [4.78, 5) is 0. The van der Waals surface area contributed by atoms with E-state index in [1.165, 1.54) is 98.3 Å². The van der Waals surface area contributed by atoms with Gasteiger partial charge >= 0.3 is 0 Å². The fourth-order valence-electron chi connectivity index (χ4n) is 11.2. The summed E-state index contributed by atoms with van der Waals surface area (Å²) in [6.07, 6.45) is 0. The number of rotatable bonds is 5. The van der Waals surface area contributed by atoms with Gasteiger partial charge in [0, 0.05) is 38.4 Å². The van der Waals surface area contributed by atoms with E-state index < -0.39 is 0 Å². The third-order valence-electron chi connectivity index (χ3n) is 14.0. The van der Waals surface area contributed by atoms with Crippen molar-refractivity contribution >= 4 is 86.8 Å². The van der Waals surface area contributed by atoms with Gasteiger partial charge in [0.1, 0.15) is 11.2 Å². The molecular weight excluding hydrogens is 799 g/mol. The standard InChI is InChI=1S/C64H39NO/c1-3-18-40(19-4-1)60-51-27-11-13-29-53(51)63(54-30-14-12-28-52(54)60)56-32-17-31-55-46-37-35-42(39-59(46)66-64(55)56)62-49-25-9-7-23-47(49)61(48-24-8-10-26-50(48)62)41-34-36-45-44-22-15-16-33-57(44)65(58(45)38-41)43-20-5-2-6-21-43/h1-39H. The highest BCUT2D eigenvalue weighted by molar-refractivity contribution is 6.26. The van der Waals surface area contributed by atoms with E-state index in [0.717, 1.165) is 38.8 Å². The lowest BCUT2D eigenvalue weighted by Gasteiger charge is -2.18. The van der Waals surface area contributed by atoms with Crippen LogP contribution in [0.3, 0.4) is 0 Å². The minimum Gasteiger partial charge on any atom is -0.455 e. The zero-order chi connectivity index (χ0) is 43.3. The zero-order valence-corrected chi connectivity index (χ0v) is 35.9. The Balaban J connectivity index is 0.982. The van der Waals surface area contributed by atoms with Crippen LogP contribution >= 0.6 is 0 Å². The van der Waals surface area contributed by atoms with Gasteiger partial charge < -0.3 is 8.98 Å². The van der Waals surface area contributed by atoms with Crippen LogP contribution in [0.2, 0.25) is 0 Å². The molecule has 2 heterocycles. The van der Waals surface area contributed by atoms with Gasteiger partial charge in [-0.1, -0.05) is 200 Å². The van der Waals surface area contributed by atoms with Crippen LogP contribution in [0.1, 0.15) is 0 Å². The minimum absolute atomic E-state index is 0.876. The molecule has 0 aliphatic heterocycles. The van der Waals surface area contributed by atoms with Gasteiger partial charge in [-0.15, -0.1) is 0 Å². The first-order valence-corrected chi connectivity index (χ1v) is 22.8. The second-order valence-electron chi connectivity index (χ2n) is 17.5. The number of hydrogen-bond donors (Lipinski definition) is 0. The number of furan rings is 1. The van der Waals surface area contributed by atoms with Gasteiger partial charge in [-0.25, -0.2) is 0 Å². The maximum absolute atomic E-state index is 7.14. The van der Waals surface area contributed by atoms with Crippen LogP contribution in [0.15, 0.2) is 241 Å². The molecule has 0 atom stereocenters. The molecular formula is C64H39NO. The number of nitrogens with zero attached hydrogens (tertiary/aromatic N) is 1. The van der Waals surface area contributed by atoms with Crippen LogP contribution in [0.4, 0.5) is 0 Å². The molecule has 14 rings (SSSR count). The molecule has 0 aliphatic carbocycles. The Hall–Kier alpha value is -8.72. The summed E-state index contributed by atoms with van der Waals surface area (Å²) in [6, 6.07) is 86.3. The van der Waals surface area contributed by atoms with E-state index in [0.29, 0.717) is 0 Å². The highest BCUT2D eigenvalue weighted by Crippen LogP contribution is 2.49. The number of hydrogen-bond acceptors (Lipinski definition) is 1. The summed E-state index contributed by atoms with van der Waals surface area (Å²) in [6.45, 7) is 0. The molecule has 306 valence electrons. The molecule has 0 fully saturated rings. The van der Waals surface area contributed by atoms with Crippen molar-refractivity contribution in [2.24, 2.45) is 0 Å². The van der Waals surface area contributed by atoms with Gasteiger partial charge in [-0.05, 0) is 113 Å². The lowest BCUT2D eigenvalue weighted by Crippen LogP contribution is -1.94. The van der Waals surface area contributed by atoms with Crippen LogP contribution < -0.4 is 0 Å². The third kappa shape index (κ3) is 5.36. The first-order valence-electron chi connectivity index (χ1n) is 22.8. The summed E-state index contributed by atoms with van der Waals surface area (Å²) in [5, 5.41) is 14.5. The summed E-state index contributed by atoms with van der Waals surface area (Å²) in [5.41, 5.74) is 14.9. The van der Waals surface area contributed by atoms with E-state index in [1.54, 1.807) is 0 Å². The van der Waals surface area contributed by atoms with Crippen LogP contribution in [0, 0.1) is 0 Å². The van der Waals surface area contributed by atoms with Crippen molar-refractivity contribution in [3.8, 4) is 50.2 Å². The first-order chi connectivity index (χ1) is 32.8. The Morgan fingerprint density at radius 3 is 1.26 bits per heavy atom. The first kappa shape index (κ1) is 36.7. The predicted molar refractivity (Wildman–Crippen MR) is 280 cm³/mol. The lowest BCUT2D eigenvalue weighted by atomic mass is 9.85. The number of para-hydroxylation sites is 3. The lowest BCUT2D eigenvalue weighted by molar-refractivity contribution is 0.670. The molecule has 2 heteroatoms. The van der Waals surface area contributed by atoms with Crippen LogP contribution in [0.5, 0.6) is 0 Å². The maximum Gasteiger partial charge on any atom is 0.143 e. The predicted octanol–water partition coefficient (Wildman–Crippen LogP) is 18.0. The van der Waals surface area contributed by atoms with Gasteiger partial charge in [0.15, 0.2) is 0 Å². The van der Waals surface area contributed by atoms with E-state index >= 15 is 0 Å². The fraction of sp³-hybridized carbons (Fsp3) is 0. The van der Waals surface area contributed by atoms with Gasteiger partial charge in [-0.3, -0.25) is 0 Å². The monoisotopic (exact) mass is 837 g/mol. The Labute approximate surface area is 380 Å². The average Bonchev–Trinajstić information content (AvgIpc) is 3.93. The van der Waals surface area contributed by atoms with Crippen molar-refractivity contribution in [1.82, 2.24) is 4.57 Å². The quantitative estimate of drug-likeness (QED) is 0.158. The topological polar surface area (TPSA) is 18.1 Å². The molecule has 14 aromatic rings. The fourth-order valence-corrected chi connectivity index (χ4v) is 11.2. The summed E-state index contributed by atoms with van der Waals surface area (Å²) in [5.74, 6) is 0. The van der Waals surface area contributed by atoms with Crippen LogP contribution in [-0.2, 0) is 0 Å². The van der Waals surface area contributed by atoms with Crippen molar-refractivity contribution in [1.29, 1.82) is 0 Å². The largest absolute Gasteiger partial charge is 0.455 e. The van der Waals surface area contributed by atoms with Crippen molar-refractivity contribution in [2.75, 3.05) is 0 Å². The smallest absolute Gasteiger partial charge is 0.143 e. The number of aromatic nitrogens is 1. The van der Waals surface area contributed by atoms with Crippen molar-refractivity contribution < 1.29 is 4.42 Å². The van der Waals surface area contributed by atoms with Gasteiger partial charge in [0.2, 0.25) is 0 Å². The molecule has 0 amide bonds. The summed E-state index contributed by atoms with van der Waals surface area (Å²) < 4.78 is 9.55. The molecule has 66 heavy (non-hydrogen) atoms. The molecule has 0 saturated heterocycles. The molecule has 2 aromatic heterocycles. The van der Waals surface area contributed by atoms with Crippen LogP contribution in [-0.4, -0.2) is 4.57 Å². The second-order valence-corrected chi connectivity index (χ2v) is 17.5. The second kappa shape index (κ2) is 14.4. The Bertz CT molecular complexity index is 4160. The summed E-state index contributed by atoms with van der Waals surface area (Å²) >= 11 is 0. The molecule has 0 bridgehead atoms. The molecule has 0 spiro atoms. The normalized spacial score (nSPS) is 11.9. The minimum atomic E-state index is 0.876. The van der Waals surface area contributed by atoms with Crippen molar-refractivity contribution in [3.63, 3.8) is 0 Å². The average molecular weight is 838 g/mol. The Morgan fingerprint density at radius 2 is 0.682 bits per heavy atom. The molecule has 0 aliphatic rings. The van der Waals surface area contributed by atoms with Crippen LogP contribution in [0.25, 0.3) is 137 Å². The number of fused-ring (bicyclic) bond motifs is 10. The van der Waals surface area contributed by atoms with E-state index in [4.69, 9.17) is 4.42 Å².